The second-order valence-corrected chi connectivity index (χ2v) is 5.05. The minimum absolute atomic E-state index is 0.0412. The summed E-state index contributed by atoms with van der Waals surface area (Å²) in [5.41, 5.74) is -1.53. The first kappa shape index (κ1) is 16.0. The van der Waals surface area contributed by atoms with E-state index < -0.39 is 29.3 Å². The Balaban J connectivity index is 2.00. The maximum atomic E-state index is 13.4. The molecular formula is C16H11F4N3O. The number of halogens is 4. The summed E-state index contributed by atoms with van der Waals surface area (Å²) >= 11 is 0. The van der Waals surface area contributed by atoms with Crippen LogP contribution >= 0.6 is 0 Å². The molecular weight excluding hydrogens is 326 g/mol. The number of rotatable bonds is 3. The summed E-state index contributed by atoms with van der Waals surface area (Å²) in [5.74, 6) is -1.75. The Labute approximate surface area is 133 Å². The number of fused-ring (bicyclic) bond motifs is 1. The number of alkyl halides is 3. The van der Waals surface area contributed by atoms with Gasteiger partial charge in [0.1, 0.15) is 17.2 Å². The molecule has 8 heteroatoms. The summed E-state index contributed by atoms with van der Waals surface area (Å²) in [6.45, 7) is 0.0412. The molecule has 2 aromatic heterocycles. The fourth-order valence-electron chi connectivity index (χ4n) is 2.30. The zero-order valence-corrected chi connectivity index (χ0v) is 12.1. The van der Waals surface area contributed by atoms with Crippen LogP contribution < -0.4 is 5.32 Å². The first-order valence-corrected chi connectivity index (χ1v) is 6.93. The van der Waals surface area contributed by atoms with Gasteiger partial charge < -0.3 is 5.32 Å². The maximum Gasteiger partial charge on any atom is 0.435 e. The molecule has 3 rings (SSSR count). The second kappa shape index (κ2) is 5.95. The van der Waals surface area contributed by atoms with Crippen LogP contribution in [0.2, 0.25) is 0 Å². The summed E-state index contributed by atoms with van der Waals surface area (Å²) < 4.78 is 53.7. The molecule has 0 fully saturated rings. The number of carbonyl (C=O) groups is 1. The number of nitrogens with zero attached hydrogens (tertiary/aromatic N) is 2. The topological polar surface area (TPSA) is 46.4 Å². The number of benzene rings is 1. The van der Waals surface area contributed by atoms with Gasteiger partial charge in [0, 0.05) is 12.7 Å². The van der Waals surface area contributed by atoms with E-state index in [9.17, 15) is 22.4 Å². The lowest BCUT2D eigenvalue weighted by Crippen LogP contribution is -2.27. The van der Waals surface area contributed by atoms with E-state index in [2.05, 4.69) is 10.3 Å². The number of aromatic nitrogens is 2. The van der Waals surface area contributed by atoms with E-state index in [1.54, 1.807) is 30.3 Å². The highest BCUT2D eigenvalue weighted by atomic mass is 19.4. The molecule has 124 valence electrons. The molecule has 0 bridgehead atoms. The molecule has 1 N–H and O–H groups in total. The van der Waals surface area contributed by atoms with Crippen molar-refractivity contribution in [1.29, 1.82) is 0 Å². The van der Waals surface area contributed by atoms with E-state index in [0.29, 0.717) is 0 Å². The lowest BCUT2D eigenvalue weighted by molar-refractivity contribution is -0.141. The lowest BCUT2D eigenvalue weighted by atomic mass is 10.2. The van der Waals surface area contributed by atoms with Gasteiger partial charge in [0.15, 0.2) is 5.69 Å². The number of nitrogens with one attached hydrogen (secondary N) is 1. The standard InChI is InChI=1S/C16H11F4N3O/c17-11-6-7-12-22-14(16(18,19)20)13(23(12)9-11)15(24)21-8-10-4-2-1-3-5-10/h1-7,9H,8H2,(H,21,24). The molecule has 1 aromatic carbocycles. The predicted molar refractivity (Wildman–Crippen MR) is 77.8 cm³/mol. The summed E-state index contributed by atoms with van der Waals surface area (Å²) in [5, 5.41) is 2.40. The van der Waals surface area contributed by atoms with Crippen molar-refractivity contribution >= 4 is 11.6 Å². The molecule has 24 heavy (non-hydrogen) atoms. The highest BCUT2D eigenvalue weighted by Gasteiger charge is 2.40. The summed E-state index contributed by atoms with van der Waals surface area (Å²) in [6.07, 6.45) is -4.03. The van der Waals surface area contributed by atoms with Crippen LogP contribution in [0.4, 0.5) is 17.6 Å². The largest absolute Gasteiger partial charge is 0.435 e. The van der Waals surface area contributed by atoms with Gasteiger partial charge in [0.2, 0.25) is 0 Å². The normalized spacial score (nSPS) is 11.7. The number of imidazole rings is 1. The van der Waals surface area contributed by atoms with Gasteiger partial charge in [-0.05, 0) is 17.7 Å². The lowest BCUT2D eigenvalue weighted by Gasteiger charge is -2.09. The van der Waals surface area contributed by atoms with Crippen LogP contribution in [0.1, 0.15) is 21.7 Å². The third-order valence-electron chi connectivity index (χ3n) is 3.36. The molecule has 2 heterocycles. The minimum Gasteiger partial charge on any atom is -0.347 e. The van der Waals surface area contributed by atoms with Crippen LogP contribution in [0.25, 0.3) is 5.65 Å². The third kappa shape index (κ3) is 3.08. The second-order valence-electron chi connectivity index (χ2n) is 5.05. The first-order chi connectivity index (χ1) is 11.4. The highest BCUT2D eigenvalue weighted by Crippen LogP contribution is 2.32. The molecule has 0 radical (unpaired) electrons. The molecule has 4 nitrogen and oxygen atoms in total. The van der Waals surface area contributed by atoms with Crippen molar-refractivity contribution in [3.63, 3.8) is 0 Å². The van der Waals surface area contributed by atoms with Gasteiger partial charge in [-0.15, -0.1) is 0 Å². The van der Waals surface area contributed by atoms with Gasteiger partial charge in [-0.2, -0.15) is 13.2 Å². The molecule has 0 atom stereocenters. The Morgan fingerprint density at radius 3 is 2.50 bits per heavy atom. The Kier molecular flexibility index (Phi) is 3.96. The third-order valence-corrected chi connectivity index (χ3v) is 3.36. The summed E-state index contributed by atoms with van der Waals surface area (Å²) in [7, 11) is 0. The predicted octanol–water partition coefficient (Wildman–Crippen LogP) is 3.42. The van der Waals surface area contributed by atoms with Crippen LogP contribution in [0.15, 0.2) is 48.7 Å². The van der Waals surface area contributed by atoms with Crippen LogP contribution in [-0.4, -0.2) is 15.3 Å². The fraction of sp³-hybridized carbons (Fsp3) is 0.125. The van der Waals surface area contributed by atoms with Crippen molar-refractivity contribution in [2.24, 2.45) is 0 Å². The summed E-state index contributed by atoms with van der Waals surface area (Å²) in [4.78, 5) is 15.7. The van der Waals surface area contributed by atoms with Gasteiger partial charge in [-0.25, -0.2) is 9.37 Å². The van der Waals surface area contributed by atoms with Crippen molar-refractivity contribution in [3.05, 3.63) is 71.4 Å². The average Bonchev–Trinajstić information content (AvgIpc) is 2.92. The highest BCUT2D eigenvalue weighted by molar-refractivity contribution is 5.94. The molecule has 0 aliphatic heterocycles. The van der Waals surface area contributed by atoms with Crippen LogP contribution in [0.5, 0.6) is 0 Å². The zero-order valence-electron chi connectivity index (χ0n) is 12.1. The number of pyridine rings is 1. The molecule has 0 saturated carbocycles. The number of amides is 1. The van der Waals surface area contributed by atoms with Gasteiger partial charge in [0.05, 0.1) is 0 Å². The quantitative estimate of drug-likeness (QED) is 0.745. The van der Waals surface area contributed by atoms with Gasteiger partial charge >= 0.3 is 6.18 Å². The van der Waals surface area contributed by atoms with Crippen LogP contribution in [0.3, 0.4) is 0 Å². The van der Waals surface area contributed by atoms with Gasteiger partial charge in [0.25, 0.3) is 5.91 Å². The number of carbonyl (C=O) groups excluding carboxylic acids is 1. The number of hydrogen-bond donors (Lipinski definition) is 1. The van der Waals surface area contributed by atoms with Crippen molar-refractivity contribution in [2.45, 2.75) is 12.7 Å². The van der Waals surface area contributed by atoms with E-state index in [1.807, 2.05) is 0 Å². The SMILES string of the molecule is O=C(NCc1ccccc1)c1c(C(F)(F)F)nc2ccc(F)cn12. The monoisotopic (exact) mass is 337 g/mol. The van der Waals surface area contributed by atoms with Crippen molar-refractivity contribution in [3.8, 4) is 0 Å². The van der Waals surface area contributed by atoms with Gasteiger partial charge in [-0.1, -0.05) is 30.3 Å². The molecule has 0 aliphatic rings. The maximum absolute atomic E-state index is 13.4. The van der Waals surface area contributed by atoms with Crippen LogP contribution in [-0.2, 0) is 12.7 Å². The van der Waals surface area contributed by atoms with E-state index in [4.69, 9.17) is 0 Å². The molecule has 1 amide bonds. The Hall–Kier alpha value is -2.90. The van der Waals surface area contributed by atoms with E-state index in [-0.39, 0.29) is 12.2 Å². The number of hydrogen-bond acceptors (Lipinski definition) is 2. The van der Waals surface area contributed by atoms with E-state index in [1.165, 1.54) is 0 Å². The molecule has 0 unspecified atom stereocenters. The summed E-state index contributed by atoms with van der Waals surface area (Å²) in [6, 6.07) is 10.8. The van der Waals surface area contributed by atoms with Crippen molar-refractivity contribution < 1.29 is 22.4 Å². The Bertz CT molecular complexity index is 887. The Morgan fingerprint density at radius 2 is 1.83 bits per heavy atom. The average molecular weight is 337 g/mol. The molecule has 0 spiro atoms. The minimum atomic E-state index is -4.83. The smallest absolute Gasteiger partial charge is 0.347 e. The van der Waals surface area contributed by atoms with E-state index >= 15 is 0 Å². The molecule has 3 aromatic rings. The Morgan fingerprint density at radius 1 is 1.12 bits per heavy atom. The fourth-order valence-corrected chi connectivity index (χ4v) is 2.30. The van der Waals surface area contributed by atoms with Crippen molar-refractivity contribution in [2.75, 3.05) is 0 Å². The molecule has 0 saturated heterocycles. The van der Waals surface area contributed by atoms with Crippen molar-refractivity contribution in [1.82, 2.24) is 14.7 Å². The van der Waals surface area contributed by atoms with Gasteiger partial charge in [-0.3, -0.25) is 9.20 Å². The van der Waals surface area contributed by atoms with E-state index in [0.717, 1.165) is 28.3 Å². The zero-order chi connectivity index (χ0) is 17.3. The van der Waals surface area contributed by atoms with Crippen LogP contribution in [0, 0.1) is 5.82 Å². The molecule has 0 aliphatic carbocycles. The first-order valence-electron chi connectivity index (χ1n) is 6.93.